The molecule has 1 fully saturated rings. The normalized spacial score (nSPS) is 14.4. The van der Waals surface area contributed by atoms with Crippen molar-refractivity contribution in [3.05, 3.63) is 77.9 Å². The Morgan fingerprint density at radius 1 is 0.931 bits per heavy atom. The molecule has 0 amide bonds. The van der Waals surface area contributed by atoms with E-state index in [1.807, 2.05) is 31.2 Å². The molecule has 6 heteroatoms. The second-order valence-corrected chi connectivity index (χ2v) is 10.8. The SMILES string of the molecule is Cc1ccc(S(=O)(=O)[O-])cc1.O=C(C[S+]1CCCC1)c1ccc2ccccc2c1. The number of benzene rings is 3. The number of hydrogen-bond acceptors (Lipinski definition) is 4. The lowest BCUT2D eigenvalue weighted by atomic mass is 10.1. The molecule has 1 saturated heterocycles. The number of rotatable bonds is 4. The molecule has 1 aliphatic heterocycles. The molecule has 0 aliphatic carbocycles. The predicted molar refractivity (Wildman–Crippen MR) is 119 cm³/mol. The summed E-state index contributed by atoms with van der Waals surface area (Å²) in [6.07, 6.45) is 2.63. The van der Waals surface area contributed by atoms with Crippen molar-refractivity contribution < 1.29 is 17.8 Å². The van der Waals surface area contributed by atoms with Crippen LogP contribution in [0.2, 0.25) is 0 Å². The Morgan fingerprint density at radius 3 is 2.17 bits per heavy atom. The van der Waals surface area contributed by atoms with E-state index in [0.29, 0.717) is 16.7 Å². The molecule has 3 aromatic carbocycles. The zero-order chi connectivity index (χ0) is 20.9. The van der Waals surface area contributed by atoms with Crippen LogP contribution in [0, 0.1) is 6.92 Å². The van der Waals surface area contributed by atoms with Gasteiger partial charge in [-0.25, -0.2) is 8.42 Å². The average molecular weight is 429 g/mol. The lowest BCUT2D eigenvalue weighted by molar-refractivity contribution is 0.102. The molecule has 29 heavy (non-hydrogen) atoms. The van der Waals surface area contributed by atoms with Gasteiger partial charge in [-0.3, -0.25) is 4.79 Å². The van der Waals surface area contributed by atoms with E-state index in [1.165, 1.54) is 41.9 Å². The van der Waals surface area contributed by atoms with Crippen LogP contribution in [0.4, 0.5) is 0 Å². The molecule has 0 aromatic heterocycles. The topological polar surface area (TPSA) is 74.3 Å². The lowest BCUT2D eigenvalue weighted by Gasteiger charge is -2.05. The molecular formula is C23H24O4S2. The van der Waals surface area contributed by atoms with E-state index >= 15 is 0 Å². The van der Waals surface area contributed by atoms with Gasteiger partial charge in [0.15, 0.2) is 5.75 Å². The summed E-state index contributed by atoms with van der Waals surface area (Å²) in [5.41, 5.74) is 1.81. The monoisotopic (exact) mass is 428 g/mol. The molecule has 4 nitrogen and oxygen atoms in total. The largest absolute Gasteiger partial charge is 0.744 e. The van der Waals surface area contributed by atoms with E-state index in [9.17, 15) is 17.8 Å². The fourth-order valence-electron chi connectivity index (χ4n) is 3.20. The van der Waals surface area contributed by atoms with Crippen LogP contribution in [0.5, 0.6) is 0 Å². The molecule has 3 aromatic rings. The number of carbonyl (C=O) groups is 1. The van der Waals surface area contributed by atoms with Crippen molar-refractivity contribution in [3.63, 3.8) is 0 Å². The van der Waals surface area contributed by atoms with Crippen LogP contribution < -0.4 is 0 Å². The lowest BCUT2D eigenvalue weighted by Crippen LogP contribution is -2.17. The molecule has 0 atom stereocenters. The molecule has 0 spiro atoms. The van der Waals surface area contributed by atoms with Crippen molar-refractivity contribution >= 4 is 37.6 Å². The van der Waals surface area contributed by atoms with Gasteiger partial charge < -0.3 is 4.55 Å². The van der Waals surface area contributed by atoms with Gasteiger partial charge in [0, 0.05) is 5.56 Å². The quantitative estimate of drug-likeness (QED) is 0.352. The summed E-state index contributed by atoms with van der Waals surface area (Å²) in [5.74, 6) is 3.61. The third-order valence-corrected chi connectivity index (χ3v) is 8.08. The standard InChI is InChI=1S/C16H17OS.C7H8O3S/c17-16(12-18-9-3-4-10-18)15-8-7-13-5-1-2-6-14(13)11-15;1-6-2-4-7(5-3-6)11(8,9)10/h1-2,5-8,11H,3-4,9-10,12H2;2-5H,1H3,(H,8,9,10)/q+1;/p-1. The highest BCUT2D eigenvalue weighted by Crippen LogP contribution is 2.19. The first-order valence-electron chi connectivity index (χ1n) is 9.51. The number of carbonyl (C=O) groups excluding carboxylic acids is 1. The minimum absolute atomic E-state index is 0.178. The van der Waals surface area contributed by atoms with Crippen LogP contribution >= 0.6 is 0 Å². The highest BCUT2D eigenvalue weighted by atomic mass is 32.2. The number of hydrogen-bond donors (Lipinski definition) is 0. The summed E-state index contributed by atoms with van der Waals surface area (Å²) in [6, 6.07) is 20.1. The second-order valence-electron chi connectivity index (χ2n) is 7.12. The number of ketones is 1. The maximum Gasteiger partial charge on any atom is 0.211 e. The van der Waals surface area contributed by atoms with E-state index < -0.39 is 10.1 Å². The first-order chi connectivity index (χ1) is 13.8. The summed E-state index contributed by atoms with van der Waals surface area (Å²) in [4.78, 5) is 12.1. The maximum absolute atomic E-state index is 12.3. The molecule has 0 radical (unpaired) electrons. The minimum atomic E-state index is -4.27. The minimum Gasteiger partial charge on any atom is -0.744 e. The van der Waals surface area contributed by atoms with Crippen molar-refractivity contribution in [2.24, 2.45) is 0 Å². The molecule has 1 aliphatic rings. The van der Waals surface area contributed by atoms with Crippen molar-refractivity contribution in [1.82, 2.24) is 0 Å². The molecule has 0 saturated carbocycles. The van der Waals surface area contributed by atoms with Gasteiger partial charge in [-0.2, -0.15) is 0 Å². The van der Waals surface area contributed by atoms with E-state index in [2.05, 4.69) is 18.2 Å². The Hall–Kier alpha value is -2.15. The van der Waals surface area contributed by atoms with Crippen molar-refractivity contribution in [3.8, 4) is 0 Å². The van der Waals surface area contributed by atoms with Crippen LogP contribution in [0.15, 0.2) is 71.6 Å². The Morgan fingerprint density at radius 2 is 1.55 bits per heavy atom. The Labute approximate surface area is 175 Å². The zero-order valence-electron chi connectivity index (χ0n) is 16.3. The Kier molecular flexibility index (Phi) is 7.11. The smallest absolute Gasteiger partial charge is 0.211 e. The average Bonchev–Trinajstić information content (AvgIpc) is 3.21. The molecule has 0 N–H and O–H groups in total. The van der Waals surface area contributed by atoms with Crippen LogP contribution in [-0.2, 0) is 21.0 Å². The van der Waals surface area contributed by atoms with Crippen LogP contribution in [0.1, 0.15) is 28.8 Å². The molecule has 0 unspecified atom stereocenters. The van der Waals surface area contributed by atoms with Gasteiger partial charge >= 0.3 is 0 Å². The summed E-state index contributed by atoms with van der Waals surface area (Å²) < 4.78 is 31.2. The molecular weight excluding hydrogens is 404 g/mol. The van der Waals surface area contributed by atoms with Crippen LogP contribution in [0.3, 0.4) is 0 Å². The van der Waals surface area contributed by atoms with Gasteiger partial charge in [-0.05, 0) is 59.6 Å². The van der Waals surface area contributed by atoms with Gasteiger partial charge in [0.05, 0.1) is 4.90 Å². The van der Waals surface area contributed by atoms with Crippen molar-refractivity contribution in [2.45, 2.75) is 24.7 Å². The number of fused-ring (bicyclic) bond motifs is 1. The van der Waals surface area contributed by atoms with Gasteiger partial charge in [-0.1, -0.05) is 54.1 Å². The zero-order valence-corrected chi connectivity index (χ0v) is 18.0. The molecule has 152 valence electrons. The van der Waals surface area contributed by atoms with E-state index in [0.717, 1.165) is 22.3 Å². The summed E-state index contributed by atoms with van der Waals surface area (Å²) >= 11 is 0. The fraction of sp³-hybridized carbons (Fsp3) is 0.261. The molecule has 1 heterocycles. The maximum atomic E-state index is 12.3. The van der Waals surface area contributed by atoms with E-state index in [4.69, 9.17) is 0 Å². The number of aryl methyl sites for hydroxylation is 1. The highest BCUT2D eigenvalue weighted by Gasteiger charge is 2.27. The molecule has 0 bridgehead atoms. The summed E-state index contributed by atoms with van der Waals surface area (Å²) in [6.45, 7) is 1.82. The summed E-state index contributed by atoms with van der Waals surface area (Å²) in [7, 11) is -3.91. The Bertz CT molecular complexity index is 1080. The van der Waals surface area contributed by atoms with Gasteiger partial charge in [0.25, 0.3) is 0 Å². The third kappa shape index (κ3) is 6.16. The van der Waals surface area contributed by atoms with Crippen LogP contribution in [-0.4, -0.2) is 36.0 Å². The highest BCUT2D eigenvalue weighted by molar-refractivity contribution is 7.97. The van der Waals surface area contributed by atoms with E-state index in [-0.39, 0.29) is 4.90 Å². The number of Topliss-reactive ketones (excluding diaryl/α,β-unsaturated/α-hetero) is 1. The van der Waals surface area contributed by atoms with E-state index in [1.54, 1.807) is 12.1 Å². The van der Waals surface area contributed by atoms with Crippen molar-refractivity contribution in [1.29, 1.82) is 0 Å². The molecule has 4 rings (SSSR count). The first-order valence-corrected chi connectivity index (χ1v) is 12.7. The van der Waals surface area contributed by atoms with Gasteiger partial charge in [0.2, 0.25) is 5.78 Å². The third-order valence-electron chi connectivity index (χ3n) is 4.83. The van der Waals surface area contributed by atoms with Crippen molar-refractivity contribution in [2.75, 3.05) is 17.3 Å². The summed E-state index contributed by atoms with van der Waals surface area (Å²) in [5, 5.41) is 2.37. The van der Waals surface area contributed by atoms with Gasteiger partial charge in [-0.15, -0.1) is 0 Å². The Balaban J connectivity index is 0.000000188. The fourth-order valence-corrected chi connectivity index (χ4v) is 5.92. The predicted octanol–water partition coefficient (Wildman–Crippen LogP) is 4.33. The first kappa shape index (κ1) is 21.6. The second kappa shape index (κ2) is 9.57. The van der Waals surface area contributed by atoms with Gasteiger partial charge in [0.1, 0.15) is 21.6 Å². The van der Waals surface area contributed by atoms with Crippen LogP contribution in [0.25, 0.3) is 10.8 Å².